The Hall–Kier alpha value is -1.25. The van der Waals surface area contributed by atoms with Crippen molar-refractivity contribution in [2.45, 2.75) is 161 Å². The van der Waals surface area contributed by atoms with Crippen molar-refractivity contribution < 1.29 is 42.1 Å². The summed E-state index contributed by atoms with van der Waals surface area (Å²) in [4.78, 5) is 34.9. The first kappa shape index (κ1) is 44.8. The molecule has 0 amide bonds. The van der Waals surface area contributed by atoms with E-state index < -0.39 is 26.5 Å². The van der Waals surface area contributed by atoms with Crippen molar-refractivity contribution in [3.8, 4) is 0 Å². The fraction of sp³-hybridized carbons (Fsp3) is 0.889. The highest BCUT2D eigenvalue weighted by molar-refractivity contribution is 7.47. The van der Waals surface area contributed by atoms with E-state index in [9.17, 15) is 19.0 Å². The number of quaternary nitrogens is 1. The Bertz CT molecular complexity index is 814. The van der Waals surface area contributed by atoms with Gasteiger partial charge in [-0.15, -0.1) is 0 Å². The molecule has 2 atom stereocenters. The minimum absolute atomic E-state index is 0.0323. The van der Waals surface area contributed by atoms with Gasteiger partial charge in [0.15, 0.2) is 6.10 Å². The predicted octanol–water partition coefficient (Wildman–Crippen LogP) is 9.46. The first-order valence-corrected chi connectivity index (χ1v) is 19.9. The molecule has 0 aromatic rings. The van der Waals surface area contributed by atoms with Gasteiger partial charge in [-0.3, -0.25) is 18.6 Å². The number of carbonyl (C=O) groups excluding carboxylic acids is 2. The van der Waals surface area contributed by atoms with E-state index in [0.717, 1.165) is 57.8 Å². The SMILES string of the molecule is CCCCCCCCC/C=C\CCCCCCCC(=O)OC(COC(=O)CCCCCCCC)COP(=O)(O)OCC[N+](C)(C)C. The molecular formula is C36H71NO8P+. The van der Waals surface area contributed by atoms with Crippen LogP contribution < -0.4 is 0 Å². The zero-order valence-corrected chi connectivity index (χ0v) is 31.2. The standard InChI is InChI=1S/C36H70NO8P/c1-6-8-10-12-14-15-16-17-18-19-20-21-22-23-25-27-29-36(39)45-34(32-42-35(38)28-26-24-13-11-9-7-2)33-44-46(40,41)43-31-30-37(3,4)5/h18-19,34H,6-17,20-33H2,1-5H3/p+1/b19-18-. The summed E-state index contributed by atoms with van der Waals surface area (Å²) in [5, 5.41) is 0. The van der Waals surface area contributed by atoms with Crippen molar-refractivity contribution in [3.05, 3.63) is 12.2 Å². The van der Waals surface area contributed by atoms with E-state index in [-0.39, 0.29) is 32.0 Å². The van der Waals surface area contributed by atoms with Crippen LogP contribution in [0, 0.1) is 0 Å². The second-order valence-corrected chi connectivity index (χ2v) is 15.1. The molecule has 0 saturated carbocycles. The highest BCUT2D eigenvalue weighted by atomic mass is 31.2. The molecule has 0 aromatic carbocycles. The summed E-state index contributed by atoms with van der Waals surface area (Å²) in [6.07, 6.45) is 27.1. The van der Waals surface area contributed by atoms with Gasteiger partial charge in [-0.1, -0.05) is 116 Å². The van der Waals surface area contributed by atoms with Crippen molar-refractivity contribution in [2.24, 2.45) is 0 Å². The van der Waals surface area contributed by atoms with Gasteiger partial charge in [0.25, 0.3) is 0 Å². The second-order valence-electron chi connectivity index (χ2n) is 13.6. The molecule has 0 saturated heterocycles. The van der Waals surface area contributed by atoms with Crippen molar-refractivity contribution in [2.75, 3.05) is 47.5 Å². The normalized spacial score (nSPS) is 14.0. The number of hydrogen-bond donors (Lipinski definition) is 1. The Labute approximate surface area is 282 Å². The third-order valence-electron chi connectivity index (χ3n) is 7.80. The summed E-state index contributed by atoms with van der Waals surface area (Å²) in [6.45, 7) is 4.33. The highest BCUT2D eigenvalue weighted by Crippen LogP contribution is 2.43. The maximum absolute atomic E-state index is 12.6. The van der Waals surface area contributed by atoms with Gasteiger partial charge in [0.05, 0.1) is 27.7 Å². The van der Waals surface area contributed by atoms with Crippen molar-refractivity contribution in [1.29, 1.82) is 0 Å². The molecule has 0 aliphatic rings. The Balaban J connectivity index is 4.37. The molecule has 0 aliphatic heterocycles. The molecule has 0 spiro atoms. The van der Waals surface area contributed by atoms with E-state index in [0.29, 0.717) is 17.4 Å². The third kappa shape index (κ3) is 32.7. The zero-order chi connectivity index (χ0) is 34.4. The van der Waals surface area contributed by atoms with Crippen LogP contribution in [0.2, 0.25) is 0 Å². The second kappa shape index (κ2) is 29.9. The van der Waals surface area contributed by atoms with Gasteiger partial charge in [0.1, 0.15) is 19.8 Å². The molecule has 0 fully saturated rings. The lowest BCUT2D eigenvalue weighted by Gasteiger charge is -2.24. The van der Waals surface area contributed by atoms with E-state index in [2.05, 4.69) is 26.0 Å². The lowest BCUT2D eigenvalue weighted by atomic mass is 10.1. The fourth-order valence-corrected chi connectivity index (χ4v) is 5.57. The number of likely N-dealkylation sites (N-methyl/N-ethyl adjacent to an activating group) is 1. The average Bonchev–Trinajstić information content (AvgIpc) is 2.99. The number of rotatable bonds is 33. The lowest BCUT2D eigenvalue weighted by Crippen LogP contribution is -2.37. The molecule has 10 heteroatoms. The van der Waals surface area contributed by atoms with E-state index in [4.69, 9.17) is 18.5 Å². The van der Waals surface area contributed by atoms with Gasteiger partial charge in [0, 0.05) is 12.8 Å². The largest absolute Gasteiger partial charge is 0.472 e. The lowest BCUT2D eigenvalue weighted by molar-refractivity contribution is -0.870. The molecule has 0 aromatic heterocycles. The molecule has 272 valence electrons. The fourth-order valence-electron chi connectivity index (χ4n) is 4.83. The Morgan fingerprint density at radius 1 is 0.652 bits per heavy atom. The van der Waals surface area contributed by atoms with Crippen molar-refractivity contribution in [1.82, 2.24) is 0 Å². The third-order valence-corrected chi connectivity index (χ3v) is 8.78. The van der Waals surface area contributed by atoms with Crippen LogP contribution in [0.5, 0.6) is 0 Å². The summed E-state index contributed by atoms with van der Waals surface area (Å²) in [5.74, 6) is -0.817. The van der Waals surface area contributed by atoms with Crippen LogP contribution in [0.25, 0.3) is 0 Å². The first-order valence-electron chi connectivity index (χ1n) is 18.4. The van der Waals surface area contributed by atoms with Crippen LogP contribution in [-0.2, 0) is 32.7 Å². The number of unbranched alkanes of at least 4 members (excludes halogenated alkanes) is 17. The Morgan fingerprint density at radius 2 is 1.11 bits per heavy atom. The number of ether oxygens (including phenoxy) is 2. The molecule has 2 unspecified atom stereocenters. The molecular weight excluding hydrogens is 605 g/mol. The van der Waals surface area contributed by atoms with Gasteiger partial charge in [-0.2, -0.15) is 0 Å². The molecule has 0 radical (unpaired) electrons. The van der Waals surface area contributed by atoms with Gasteiger partial charge in [-0.05, 0) is 38.5 Å². The predicted molar refractivity (Wildman–Crippen MR) is 188 cm³/mol. The summed E-state index contributed by atoms with van der Waals surface area (Å²) < 4.78 is 34.0. The van der Waals surface area contributed by atoms with Crippen LogP contribution in [0.4, 0.5) is 0 Å². The van der Waals surface area contributed by atoms with Crippen molar-refractivity contribution >= 4 is 19.8 Å². The van der Waals surface area contributed by atoms with Crippen LogP contribution >= 0.6 is 7.82 Å². The van der Waals surface area contributed by atoms with E-state index in [1.165, 1.54) is 64.2 Å². The Kier molecular flexibility index (Phi) is 29.0. The molecule has 0 rings (SSSR count). The molecule has 9 nitrogen and oxygen atoms in total. The summed E-state index contributed by atoms with van der Waals surface area (Å²) in [7, 11) is 1.47. The van der Waals surface area contributed by atoms with E-state index in [1.54, 1.807) is 0 Å². The van der Waals surface area contributed by atoms with Gasteiger partial charge in [0.2, 0.25) is 0 Å². The number of hydrogen-bond acceptors (Lipinski definition) is 7. The molecule has 0 aliphatic carbocycles. The number of esters is 2. The van der Waals surface area contributed by atoms with E-state index in [1.807, 2.05) is 21.1 Å². The van der Waals surface area contributed by atoms with Crippen LogP contribution in [-0.4, -0.2) is 74.9 Å². The van der Waals surface area contributed by atoms with Crippen LogP contribution in [0.15, 0.2) is 12.2 Å². The number of carbonyl (C=O) groups is 2. The first-order chi connectivity index (χ1) is 22.0. The summed E-state index contributed by atoms with van der Waals surface area (Å²) >= 11 is 0. The number of allylic oxidation sites excluding steroid dienone is 2. The average molecular weight is 677 g/mol. The van der Waals surface area contributed by atoms with Gasteiger partial charge < -0.3 is 18.9 Å². The van der Waals surface area contributed by atoms with Crippen molar-refractivity contribution in [3.63, 3.8) is 0 Å². The Morgan fingerprint density at radius 3 is 1.61 bits per heavy atom. The van der Waals surface area contributed by atoms with E-state index >= 15 is 0 Å². The molecule has 0 heterocycles. The summed E-state index contributed by atoms with van der Waals surface area (Å²) in [6, 6.07) is 0. The molecule has 0 bridgehead atoms. The minimum Gasteiger partial charge on any atom is -0.462 e. The quantitative estimate of drug-likeness (QED) is 0.0241. The monoisotopic (exact) mass is 676 g/mol. The number of nitrogens with zero attached hydrogens (tertiary/aromatic N) is 1. The maximum Gasteiger partial charge on any atom is 0.472 e. The molecule has 1 N–H and O–H groups in total. The smallest absolute Gasteiger partial charge is 0.462 e. The number of phosphoric acid groups is 1. The highest BCUT2D eigenvalue weighted by Gasteiger charge is 2.27. The molecule has 46 heavy (non-hydrogen) atoms. The summed E-state index contributed by atoms with van der Waals surface area (Å²) in [5.41, 5.74) is 0. The maximum atomic E-state index is 12.6. The minimum atomic E-state index is -4.36. The topological polar surface area (TPSA) is 108 Å². The van der Waals surface area contributed by atoms with Gasteiger partial charge in [-0.25, -0.2) is 4.57 Å². The van der Waals surface area contributed by atoms with Crippen LogP contribution in [0.3, 0.4) is 0 Å². The van der Waals surface area contributed by atoms with Crippen LogP contribution in [0.1, 0.15) is 155 Å². The van der Waals surface area contributed by atoms with Gasteiger partial charge >= 0.3 is 19.8 Å². The number of phosphoric ester groups is 1. The zero-order valence-electron chi connectivity index (χ0n) is 30.3.